The third kappa shape index (κ3) is 1.86. The number of β-amino-alcohol motifs (C(OH)–C–C–N with tert-alkyl or cyclic N) is 1. The van der Waals surface area contributed by atoms with Crippen molar-refractivity contribution in [1.29, 1.82) is 0 Å². The molecule has 0 aromatic heterocycles. The van der Waals surface area contributed by atoms with Gasteiger partial charge in [0.25, 0.3) is 0 Å². The molecule has 18 heavy (non-hydrogen) atoms. The van der Waals surface area contributed by atoms with Gasteiger partial charge in [-0.05, 0) is 44.6 Å². The van der Waals surface area contributed by atoms with Crippen LogP contribution in [0.2, 0.25) is 0 Å². The number of piperidine rings is 1. The van der Waals surface area contributed by atoms with E-state index in [0.29, 0.717) is 19.0 Å². The van der Waals surface area contributed by atoms with Crippen molar-refractivity contribution in [2.75, 3.05) is 26.2 Å². The van der Waals surface area contributed by atoms with Crippen molar-refractivity contribution in [3.05, 3.63) is 0 Å². The highest BCUT2D eigenvalue weighted by Gasteiger charge is 2.55. The lowest BCUT2D eigenvalue weighted by molar-refractivity contribution is -0.170. The number of aliphatic hydroxyl groups is 1. The highest BCUT2D eigenvalue weighted by molar-refractivity contribution is 5.84. The van der Waals surface area contributed by atoms with Gasteiger partial charge in [0.05, 0.1) is 18.5 Å². The fourth-order valence-electron chi connectivity index (χ4n) is 3.58. The second kappa shape index (κ2) is 4.20. The first-order chi connectivity index (χ1) is 8.60. The van der Waals surface area contributed by atoms with Gasteiger partial charge in [-0.25, -0.2) is 0 Å². The number of nitrogens with one attached hydrogen (secondary N) is 1. The van der Waals surface area contributed by atoms with Crippen LogP contribution in [-0.4, -0.2) is 47.7 Å². The molecule has 2 N–H and O–H groups in total. The summed E-state index contributed by atoms with van der Waals surface area (Å²) in [6.45, 7) is 5.08. The van der Waals surface area contributed by atoms with E-state index in [1.807, 2.05) is 4.90 Å². The average molecular weight is 252 g/mol. The molecule has 3 fully saturated rings. The molecule has 102 valence electrons. The number of hydrogen-bond acceptors (Lipinski definition) is 3. The minimum atomic E-state index is -0.549. The summed E-state index contributed by atoms with van der Waals surface area (Å²) in [5, 5.41) is 13.7. The molecule has 1 aliphatic carbocycles. The molecular weight excluding hydrogens is 228 g/mol. The van der Waals surface area contributed by atoms with E-state index >= 15 is 0 Å². The molecule has 0 aromatic carbocycles. The van der Waals surface area contributed by atoms with Crippen LogP contribution in [0.15, 0.2) is 0 Å². The first-order valence-electron chi connectivity index (χ1n) is 7.32. The zero-order chi connectivity index (χ0) is 12.8. The van der Waals surface area contributed by atoms with Gasteiger partial charge in [-0.1, -0.05) is 6.92 Å². The van der Waals surface area contributed by atoms with Crippen molar-refractivity contribution >= 4 is 5.91 Å². The standard InChI is InChI=1S/C14H24N2O2/c1-2-13(6-3-7-15-8-13)12(17)16-9-14(18,10-16)11-4-5-11/h11,15,18H,2-10H2,1H3. The van der Waals surface area contributed by atoms with Gasteiger partial charge in [0.1, 0.15) is 5.60 Å². The fraction of sp³-hybridized carbons (Fsp3) is 0.929. The van der Waals surface area contributed by atoms with Crippen molar-refractivity contribution in [3.8, 4) is 0 Å². The Morgan fingerprint density at radius 2 is 2.17 bits per heavy atom. The van der Waals surface area contributed by atoms with E-state index in [9.17, 15) is 9.90 Å². The van der Waals surface area contributed by atoms with E-state index in [4.69, 9.17) is 0 Å². The van der Waals surface area contributed by atoms with Crippen LogP contribution in [0.3, 0.4) is 0 Å². The zero-order valence-electron chi connectivity index (χ0n) is 11.2. The summed E-state index contributed by atoms with van der Waals surface area (Å²) in [5.41, 5.74) is -0.754. The van der Waals surface area contributed by atoms with Gasteiger partial charge in [0.2, 0.25) is 5.91 Å². The smallest absolute Gasteiger partial charge is 0.230 e. The molecule has 4 heteroatoms. The molecule has 0 bridgehead atoms. The molecule has 2 aliphatic heterocycles. The van der Waals surface area contributed by atoms with Crippen molar-refractivity contribution in [3.63, 3.8) is 0 Å². The molecule has 0 spiro atoms. The summed E-state index contributed by atoms with van der Waals surface area (Å²) in [6.07, 6.45) is 5.25. The van der Waals surface area contributed by atoms with Crippen molar-refractivity contribution in [1.82, 2.24) is 10.2 Å². The molecule has 2 heterocycles. The normalized spacial score (nSPS) is 35.1. The van der Waals surface area contributed by atoms with E-state index in [1.165, 1.54) is 0 Å². The molecule has 3 rings (SSSR count). The maximum atomic E-state index is 12.6. The minimum absolute atomic E-state index is 0.205. The van der Waals surface area contributed by atoms with Crippen LogP contribution in [0, 0.1) is 11.3 Å². The zero-order valence-corrected chi connectivity index (χ0v) is 11.2. The highest BCUT2D eigenvalue weighted by atomic mass is 16.3. The molecule has 1 unspecified atom stereocenters. The lowest BCUT2D eigenvalue weighted by Gasteiger charge is -2.51. The van der Waals surface area contributed by atoms with Crippen LogP contribution < -0.4 is 5.32 Å². The van der Waals surface area contributed by atoms with E-state index in [1.54, 1.807) is 0 Å². The first kappa shape index (κ1) is 12.4. The molecule has 1 atom stereocenters. The molecule has 3 aliphatic rings. The number of carbonyl (C=O) groups is 1. The summed E-state index contributed by atoms with van der Waals surface area (Å²) in [7, 11) is 0. The Morgan fingerprint density at radius 1 is 1.44 bits per heavy atom. The third-order valence-corrected chi connectivity index (χ3v) is 5.16. The van der Waals surface area contributed by atoms with Crippen LogP contribution in [0.5, 0.6) is 0 Å². The average Bonchev–Trinajstić information content (AvgIpc) is 3.19. The number of nitrogens with zero attached hydrogens (tertiary/aromatic N) is 1. The quantitative estimate of drug-likeness (QED) is 0.779. The maximum absolute atomic E-state index is 12.6. The lowest BCUT2D eigenvalue weighted by atomic mass is 9.75. The number of carbonyl (C=O) groups excluding carboxylic acids is 1. The van der Waals surface area contributed by atoms with E-state index < -0.39 is 5.60 Å². The topological polar surface area (TPSA) is 52.6 Å². The van der Waals surface area contributed by atoms with E-state index in [0.717, 1.165) is 45.2 Å². The maximum Gasteiger partial charge on any atom is 0.230 e. The number of hydrogen-bond donors (Lipinski definition) is 2. The number of rotatable bonds is 3. The van der Waals surface area contributed by atoms with Crippen molar-refractivity contribution in [2.45, 2.75) is 44.6 Å². The predicted octanol–water partition coefficient (Wildman–Crippen LogP) is 0.749. The van der Waals surface area contributed by atoms with Gasteiger partial charge in [0.15, 0.2) is 0 Å². The summed E-state index contributed by atoms with van der Waals surface area (Å²) in [4.78, 5) is 14.5. The van der Waals surface area contributed by atoms with Crippen LogP contribution in [0.4, 0.5) is 0 Å². The molecule has 0 radical (unpaired) electrons. The predicted molar refractivity (Wildman–Crippen MR) is 69.1 cm³/mol. The summed E-state index contributed by atoms with van der Waals surface area (Å²) in [6, 6.07) is 0. The fourth-order valence-corrected chi connectivity index (χ4v) is 3.58. The largest absolute Gasteiger partial charge is 0.386 e. The van der Waals surface area contributed by atoms with Crippen LogP contribution in [0.1, 0.15) is 39.0 Å². The Bertz CT molecular complexity index is 340. The van der Waals surface area contributed by atoms with Crippen LogP contribution in [-0.2, 0) is 4.79 Å². The SMILES string of the molecule is CCC1(C(=O)N2CC(O)(C3CC3)C2)CCCNC1. The van der Waals surface area contributed by atoms with Gasteiger partial charge in [0, 0.05) is 6.54 Å². The second-order valence-electron chi connectivity index (χ2n) is 6.45. The monoisotopic (exact) mass is 252 g/mol. The Kier molecular flexibility index (Phi) is 2.90. The molecular formula is C14H24N2O2. The number of amides is 1. The Balaban J connectivity index is 1.64. The summed E-state index contributed by atoms with van der Waals surface area (Å²) >= 11 is 0. The summed E-state index contributed by atoms with van der Waals surface area (Å²) in [5.74, 6) is 0.728. The Morgan fingerprint density at radius 3 is 2.67 bits per heavy atom. The molecule has 1 saturated carbocycles. The number of likely N-dealkylation sites (tertiary alicyclic amines) is 1. The van der Waals surface area contributed by atoms with Gasteiger partial charge >= 0.3 is 0 Å². The molecule has 0 aromatic rings. The van der Waals surface area contributed by atoms with Gasteiger partial charge < -0.3 is 15.3 Å². The van der Waals surface area contributed by atoms with Crippen molar-refractivity contribution < 1.29 is 9.90 Å². The Labute approximate surface area is 109 Å². The minimum Gasteiger partial charge on any atom is -0.386 e. The van der Waals surface area contributed by atoms with Crippen LogP contribution in [0.25, 0.3) is 0 Å². The van der Waals surface area contributed by atoms with Crippen LogP contribution >= 0.6 is 0 Å². The molecule has 4 nitrogen and oxygen atoms in total. The third-order valence-electron chi connectivity index (χ3n) is 5.16. The highest BCUT2D eigenvalue weighted by Crippen LogP contribution is 2.46. The van der Waals surface area contributed by atoms with E-state index in [-0.39, 0.29) is 11.3 Å². The summed E-state index contributed by atoms with van der Waals surface area (Å²) < 4.78 is 0. The van der Waals surface area contributed by atoms with E-state index in [2.05, 4.69) is 12.2 Å². The van der Waals surface area contributed by atoms with Crippen molar-refractivity contribution in [2.24, 2.45) is 11.3 Å². The molecule has 1 amide bonds. The first-order valence-corrected chi connectivity index (χ1v) is 7.32. The lowest BCUT2D eigenvalue weighted by Crippen LogP contribution is -2.68. The molecule has 2 saturated heterocycles. The van der Waals surface area contributed by atoms with Gasteiger partial charge in [-0.2, -0.15) is 0 Å². The second-order valence-corrected chi connectivity index (χ2v) is 6.45. The Hall–Kier alpha value is -0.610. The van der Waals surface area contributed by atoms with Gasteiger partial charge in [-0.3, -0.25) is 4.79 Å². The van der Waals surface area contributed by atoms with Gasteiger partial charge in [-0.15, -0.1) is 0 Å².